The molecule has 0 amide bonds. The van der Waals surface area contributed by atoms with E-state index in [9.17, 15) is 0 Å². The molecule has 3 rings (SSSR count). The fraction of sp³-hybridized carbons (Fsp3) is 0.533. The van der Waals surface area contributed by atoms with Crippen LogP contribution in [0.3, 0.4) is 0 Å². The van der Waals surface area contributed by atoms with E-state index in [-0.39, 0.29) is 5.41 Å². The lowest BCUT2D eigenvalue weighted by atomic mass is 9.77. The summed E-state index contributed by atoms with van der Waals surface area (Å²) in [6.07, 6.45) is 4.54. The summed E-state index contributed by atoms with van der Waals surface area (Å²) >= 11 is 6.18. The first kappa shape index (κ1) is 12.9. The summed E-state index contributed by atoms with van der Waals surface area (Å²) in [4.78, 5) is 4.70. The van der Waals surface area contributed by atoms with Gasteiger partial charge >= 0.3 is 0 Å². The highest BCUT2D eigenvalue weighted by Gasteiger charge is 2.37. The Kier molecular flexibility index (Phi) is 3.50. The van der Waals surface area contributed by atoms with Crippen LogP contribution in [0.25, 0.3) is 11.1 Å². The van der Waals surface area contributed by atoms with Gasteiger partial charge in [-0.15, -0.1) is 0 Å². The highest BCUT2D eigenvalue weighted by Crippen LogP contribution is 2.37. The quantitative estimate of drug-likeness (QED) is 0.925. The lowest BCUT2D eigenvalue weighted by Crippen LogP contribution is -2.43. The molecule has 0 saturated carbocycles. The van der Waals surface area contributed by atoms with Crippen LogP contribution < -0.4 is 5.32 Å². The maximum Gasteiger partial charge on any atom is 0.203 e. The first-order valence-electron chi connectivity index (χ1n) is 7.01. The molecule has 1 atom stereocenters. The standard InChI is InChI=1S/C15H19ClN2O/c1-2-7-15(8-4-9-17-10-15)14-18-12-6-3-5-11(16)13(12)19-14/h3,5-6,17H,2,4,7-10H2,1H3. The molecular weight excluding hydrogens is 260 g/mol. The molecule has 1 unspecified atom stereocenters. The number of halogens is 1. The van der Waals surface area contributed by atoms with Gasteiger partial charge in [-0.1, -0.05) is 31.0 Å². The second kappa shape index (κ2) is 5.14. The molecule has 102 valence electrons. The molecule has 1 aromatic heterocycles. The largest absolute Gasteiger partial charge is 0.438 e. The van der Waals surface area contributed by atoms with Gasteiger partial charge in [-0.25, -0.2) is 4.98 Å². The van der Waals surface area contributed by atoms with Crippen LogP contribution in [0.1, 0.15) is 38.5 Å². The summed E-state index contributed by atoms with van der Waals surface area (Å²) in [5.74, 6) is 0.852. The molecule has 1 aliphatic rings. The molecule has 1 N–H and O–H groups in total. The second-order valence-electron chi connectivity index (χ2n) is 5.42. The highest BCUT2D eigenvalue weighted by atomic mass is 35.5. The first-order chi connectivity index (χ1) is 9.25. The fourth-order valence-corrected chi connectivity index (χ4v) is 3.30. The third kappa shape index (κ3) is 2.26. The third-order valence-electron chi connectivity index (χ3n) is 4.02. The van der Waals surface area contributed by atoms with Gasteiger partial charge in [-0.05, 0) is 37.9 Å². The van der Waals surface area contributed by atoms with Crippen LogP contribution >= 0.6 is 11.6 Å². The predicted octanol–water partition coefficient (Wildman–Crippen LogP) is 3.90. The average Bonchev–Trinajstić information content (AvgIpc) is 2.86. The zero-order valence-electron chi connectivity index (χ0n) is 11.2. The van der Waals surface area contributed by atoms with E-state index in [2.05, 4.69) is 12.2 Å². The lowest BCUT2D eigenvalue weighted by molar-refractivity contribution is 0.239. The monoisotopic (exact) mass is 278 g/mol. The summed E-state index contributed by atoms with van der Waals surface area (Å²) < 4.78 is 6.01. The van der Waals surface area contributed by atoms with Crippen molar-refractivity contribution in [2.75, 3.05) is 13.1 Å². The first-order valence-corrected chi connectivity index (χ1v) is 7.39. The molecule has 1 saturated heterocycles. The number of hydrogen-bond donors (Lipinski definition) is 1. The van der Waals surface area contributed by atoms with Crippen molar-refractivity contribution in [1.29, 1.82) is 0 Å². The molecule has 0 spiro atoms. The van der Waals surface area contributed by atoms with E-state index in [1.165, 1.54) is 6.42 Å². The molecular formula is C15H19ClN2O. The van der Waals surface area contributed by atoms with Gasteiger partial charge in [0.05, 0.1) is 10.4 Å². The van der Waals surface area contributed by atoms with Crippen LogP contribution in [0.4, 0.5) is 0 Å². The van der Waals surface area contributed by atoms with Crippen LogP contribution in [0.5, 0.6) is 0 Å². The maximum absolute atomic E-state index is 6.18. The van der Waals surface area contributed by atoms with Gasteiger partial charge in [0.25, 0.3) is 0 Å². The maximum atomic E-state index is 6.18. The van der Waals surface area contributed by atoms with E-state index in [1.54, 1.807) is 0 Å². The van der Waals surface area contributed by atoms with Crippen molar-refractivity contribution < 1.29 is 4.42 Å². The Hall–Kier alpha value is -1.06. The van der Waals surface area contributed by atoms with Crippen molar-refractivity contribution in [2.45, 2.75) is 38.0 Å². The van der Waals surface area contributed by atoms with Gasteiger partial charge in [0.15, 0.2) is 5.58 Å². The normalized spacial score (nSPS) is 23.9. The van der Waals surface area contributed by atoms with E-state index >= 15 is 0 Å². The fourth-order valence-electron chi connectivity index (χ4n) is 3.09. The number of oxazole rings is 1. The van der Waals surface area contributed by atoms with Crippen LogP contribution in [0.2, 0.25) is 5.02 Å². The highest BCUT2D eigenvalue weighted by molar-refractivity contribution is 6.34. The molecule has 19 heavy (non-hydrogen) atoms. The summed E-state index contributed by atoms with van der Waals surface area (Å²) in [5.41, 5.74) is 1.62. The molecule has 1 fully saturated rings. The Labute approximate surface area is 118 Å². The number of rotatable bonds is 3. The number of para-hydroxylation sites is 1. The van der Waals surface area contributed by atoms with Gasteiger partial charge in [-0.2, -0.15) is 0 Å². The third-order valence-corrected chi connectivity index (χ3v) is 4.32. The zero-order valence-corrected chi connectivity index (χ0v) is 12.0. The Morgan fingerprint density at radius 2 is 2.37 bits per heavy atom. The van der Waals surface area contributed by atoms with Crippen LogP contribution in [0, 0.1) is 0 Å². The van der Waals surface area contributed by atoms with E-state index in [1.807, 2.05) is 18.2 Å². The summed E-state index contributed by atoms with van der Waals surface area (Å²) in [5, 5.41) is 4.13. The minimum atomic E-state index is 0.0371. The van der Waals surface area contributed by atoms with Crippen LogP contribution in [-0.2, 0) is 5.41 Å². The van der Waals surface area contributed by atoms with E-state index in [0.29, 0.717) is 5.02 Å². The van der Waals surface area contributed by atoms with Crippen molar-refractivity contribution in [3.05, 3.63) is 29.1 Å². The Bertz CT molecular complexity index is 567. The minimum Gasteiger partial charge on any atom is -0.438 e. The number of hydrogen-bond acceptors (Lipinski definition) is 3. The van der Waals surface area contributed by atoms with E-state index in [4.69, 9.17) is 21.0 Å². The number of fused-ring (bicyclic) bond motifs is 1. The molecule has 0 radical (unpaired) electrons. The van der Waals surface area contributed by atoms with Crippen LogP contribution in [0.15, 0.2) is 22.6 Å². The van der Waals surface area contributed by atoms with Gasteiger partial charge in [0.2, 0.25) is 5.89 Å². The van der Waals surface area contributed by atoms with Gasteiger partial charge in [0, 0.05) is 6.54 Å². The van der Waals surface area contributed by atoms with E-state index < -0.39 is 0 Å². The molecule has 2 heterocycles. The predicted molar refractivity (Wildman–Crippen MR) is 77.7 cm³/mol. The van der Waals surface area contributed by atoms with Gasteiger partial charge < -0.3 is 9.73 Å². The smallest absolute Gasteiger partial charge is 0.203 e. The summed E-state index contributed by atoms with van der Waals surface area (Å²) in [6.45, 7) is 4.25. The number of nitrogens with zero attached hydrogens (tertiary/aromatic N) is 1. The molecule has 3 nitrogen and oxygen atoms in total. The molecule has 1 aliphatic heterocycles. The van der Waals surface area contributed by atoms with Crippen molar-refractivity contribution in [3.63, 3.8) is 0 Å². The second-order valence-corrected chi connectivity index (χ2v) is 5.82. The number of benzene rings is 1. The van der Waals surface area contributed by atoms with Gasteiger partial charge in [-0.3, -0.25) is 0 Å². The number of nitrogens with one attached hydrogen (secondary N) is 1. The topological polar surface area (TPSA) is 38.1 Å². The Morgan fingerprint density at radius 3 is 3.05 bits per heavy atom. The number of piperidine rings is 1. The summed E-state index contributed by atoms with van der Waals surface area (Å²) in [7, 11) is 0. The average molecular weight is 279 g/mol. The lowest BCUT2D eigenvalue weighted by Gasteiger charge is -2.34. The Morgan fingerprint density at radius 1 is 1.47 bits per heavy atom. The Balaban J connectivity index is 2.07. The van der Waals surface area contributed by atoms with Crippen molar-refractivity contribution in [1.82, 2.24) is 10.3 Å². The zero-order chi connectivity index (χ0) is 13.3. The summed E-state index contributed by atoms with van der Waals surface area (Å²) in [6, 6.07) is 5.73. The van der Waals surface area contributed by atoms with E-state index in [0.717, 1.165) is 49.3 Å². The van der Waals surface area contributed by atoms with Crippen molar-refractivity contribution >= 4 is 22.7 Å². The van der Waals surface area contributed by atoms with Gasteiger partial charge in [0.1, 0.15) is 5.52 Å². The SMILES string of the molecule is CCCC1(c2nc3cccc(Cl)c3o2)CCCNC1. The minimum absolute atomic E-state index is 0.0371. The molecule has 1 aromatic carbocycles. The van der Waals surface area contributed by atoms with Crippen LogP contribution in [-0.4, -0.2) is 18.1 Å². The molecule has 2 aromatic rings. The molecule has 0 aliphatic carbocycles. The van der Waals surface area contributed by atoms with Crippen molar-refractivity contribution in [3.8, 4) is 0 Å². The molecule has 0 bridgehead atoms. The number of aromatic nitrogens is 1. The molecule has 4 heteroatoms. The van der Waals surface area contributed by atoms with Crippen molar-refractivity contribution in [2.24, 2.45) is 0 Å².